The summed E-state index contributed by atoms with van der Waals surface area (Å²) in [5.74, 6) is 0. The number of unbranched alkanes of at least 4 members (excludes halogenated alkanes) is 1. The van der Waals surface area contributed by atoms with Gasteiger partial charge >= 0.3 is 0 Å². The Kier molecular flexibility index (Phi) is 6.61. The van der Waals surface area contributed by atoms with Crippen molar-refractivity contribution in [1.82, 2.24) is 10.2 Å². The Morgan fingerprint density at radius 2 is 2.11 bits per heavy atom. The van der Waals surface area contributed by atoms with Crippen LogP contribution in [0.5, 0.6) is 0 Å². The van der Waals surface area contributed by atoms with Crippen LogP contribution in [-0.2, 0) is 0 Å². The quantitative estimate of drug-likeness (QED) is 0.733. The van der Waals surface area contributed by atoms with E-state index < -0.39 is 0 Å². The van der Waals surface area contributed by atoms with Crippen LogP contribution in [0, 0.1) is 5.41 Å². The van der Waals surface area contributed by atoms with Crippen molar-refractivity contribution in [2.45, 2.75) is 65.5 Å². The minimum absolute atomic E-state index is 0.0203. The van der Waals surface area contributed by atoms with E-state index in [0.717, 1.165) is 26.2 Å². The topological polar surface area (TPSA) is 35.5 Å². The molecule has 18 heavy (non-hydrogen) atoms. The van der Waals surface area contributed by atoms with E-state index in [1.54, 1.807) is 0 Å². The third kappa shape index (κ3) is 5.68. The van der Waals surface area contributed by atoms with Gasteiger partial charge in [0.1, 0.15) is 0 Å². The number of aliphatic hydroxyl groups excluding tert-OH is 1. The summed E-state index contributed by atoms with van der Waals surface area (Å²) < 4.78 is 0. The molecule has 1 aliphatic rings. The Hall–Kier alpha value is -0.120. The second-order valence-corrected chi connectivity index (χ2v) is 6.79. The normalized spacial score (nSPS) is 22.7. The van der Waals surface area contributed by atoms with E-state index >= 15 is 0 Å². The number of aliphatic hydroxyl groups is 1. The van der Waals surface area contributed by atoms with Crippen molar-refractivity contribution in [3.8, 4) is 0 Å². The fourth-order valence-electron chi connectivity index (χ4n) is 2.38. The monoisotopic (exact) mass is 256 g/mol. The molecule has 0 amide bonds. The smallest absolute Gasteiger partial charge is 0.0715 e. The highest BCUT2D eigenvalue weighted by Gasteiger charge is 2.26. The standard InChI is InChI=1S/C15H32N2O/c1-5-6-10-17(11-13-8-7-9-16-13)12-14(18)15(2,3)4/h13-14,16,18H,5-12H2,1-4H3. The van der Waals surface area contributed by atoms with Gasteiger partial charge in [0.05, 0.1) is 6.10 Å². The molecular weight excluding hydrogens is 224 g/mol. The van der Waals surface area contributed by atoms with E-state index in [1.165, 1.54) is 25.7 Å². The second kappa shape index (κ2) is 7.46. The molecule has 1 heterocycles. The average molecular weight is 256 g/mol. The van der Waals surface area contributed by atoms with E-state index in [0.29, 0.717) is 6.04 Å². The van der Waals surface area contributed by atoms with E-state index in [-0.39, 0.29) is 11.5 Å². The minimum Gasteiger partial charge on any atom is -0.391 e. The van der Waals surface area contributed by atoms with Crippen LogP contribution in [0.2, 0.25) is 0 Å². The summed E-state index contributed by atoms with van der Waals surface area (Å²) in [6, 6.07) is 0.633. The van der Waals surface area contributed by atoms with E-state index in [1.807, 2.05) is 0 Å². The molecule has 1 aliphatic heterocycles. The number of nitrogens with zero attached hydrogens (tertiary/aromatic N) is 1. The maximum atomic E-state index is 10.3. The average Bonchev–Trinajstić information content (AvgIpc) is 2.77. The summed E-state index contributed by atoms with van der Waals surface area (Å²) in [6.07, 6.45) is 4.79. The molecule has 0 saturated carbocycles. The van der Waals surface area contributed by atoms with Crippen LogP contribution in [0.1, 0.15) is 53.4 Å². The predicted molar refractivity (Wildman–Crippen MR) is 77.8 cm³/mol. The molecule has 0 bridgehead atoms. The summed E-state index contributed by atoms with van der Waals surface area (Å²) in [6.45, 7) is 12.7. The molecule has 2 N–H and O–H groups in total. The van der Waals surface area contributed by atoms with Crippen molar-refractivity contribution in [3.63, 3.8) is 0 Å². The number of rotatable bonds is 7. The third-order valence-corrected chi connectivity index (χ3v) is 3.90. The molecule has 3 nitrogen and oxygen atoms in total. The Balaban J connectivity index is 2.43. The Morgan fingerprint density at radius 1 is 1.39 bits per heavy atom. The van der Waals surface area contributed by atoms with Crippen LogP contribution in [0.25, 0.3) is 0 Å². The highest BCUT2D eigenvalue weighted by atomic mass is 16.3. The fourth-order valence-corrected chi connectivity index (χ4v) is 2.38. The van der Waals surface area contributed by atoms with Gasteiger partial charge in [-0.2, -0.15) is 0 Å². The molecule has 1 fully saturated rings. The van der Waals surface area contributed by atoms with Gasteiger partial charge in [0.2, 0.25) is 0 Å². The second-order valence-electron chi connectivity index (χ2n) is 6.79. The molecule has 1 rings (SSSR count). The maximum Gasteiger partial charge on any atom is 0.0715 e. The van der Waals surface area contributed by atoms with Gasteiger partial charge in [0, 0.05) is 19.1 Å². The van der Waals surface area contributed by atoms with Gasteiger partial charge in [-0.15, -0.1) is 0 Å². The van der Waals surface area contributed by atoms with Gasteiger partial charge < -0.3 is 10.4 Å². The van der Waals surface area contributed by atoms with E-state index in [4.69, 9.17) is 0 Å². The zero-order chi connectivity index (χ0) is 13.6. The fraction of sp³-hybridized carbons (Fsp3) is 1.00. The van der Waals surface area contributed by atoms with Crippen molar-refractivity contribution in [2.24, 2.45) is 5.41 Å². The summed E-state index contributed by atoms with van der Waals surface area (Å²) in [7, 11) is 0. The first-order chi connectivity index (χ1) is 8.43. The molecule has 0 aromatic heterocycles. The van der Waals surface area contributed by atoms with Gasteiger partial charge in [-0.25, -0.2) is 0 Å². The SMILES string of the molecule is CCCCN(CC1CCCN1)CC(O)C(C)(C)C. The van der Waals surface area contributed by atoms with Crippen LogP contribution < -0.4 is 5.32 Å². The Morgan fingerprint density at radius 3 is 2.61 bits per heavy atom. The molecule has 0 spiro atoms. The largest absolute Gasteiger partial charge is 0.391 e. The van der Waals surface area contributed by atoms with Gasteiger partial charge in [-0.3, -0.25) is 4.90 Å². The zero-order valence-electron chi connectivity index (χ0n) is 12.7. The Labute approximate surface area is 113 Å². The molecule has 0 aromatic rings. The van der Waals surface area contributed by atoms with Gasteiger partial charge in [-0.05, 0) is 37.8 Å². The molecule has 108 valence electrons. The van der Waals surface area contributed by atoms with Crippen LogP contribution in [0.3, 0.4) is 0 Å². The van der Waals surface area contributed by atoms with Crippen molar-refractivity contribution in [2.75, 3.05) is 26.2 Å². The molecular formula is C15H32N2O. The highest BCUT2D eigenvalue weighted by Crippen LogP contribution is 2.20. The summed E-state index contributed by atoms with van der Waals surface area (Å²) >= 11 is 0. The van der Waals surface area contributed by atoms with Crippen LogP contribution in [-0.4, -0.2) is 48.3 Å². The first kappa shape index (κ1) is 15.9. The molecule has 3 heteroatoms. The molecule has 0 radical (unpaired) electrons. The lowest BCUT2D eigenvalue weighted by molar-refractivity contribution is 0.0260. The van der Waals surface area contributed by atoms with Crippen LogP contribution in [0.4, 0.5) is 0 Å². The van der Waals surface area contributed by atoms with Crippen LogP contribution >= 0.6 is 0 Å². The highest BCUT2D eigenvalue weighted by molar-refractivity contribution is 4.81. The predicted octanol–water partition coefficient (Wildman–Crippen LogP) is 2.25. The van der Waals surface area contributed by atoms with Crippen molar-refractivity contribution in [1.29, 1.82) is 0 Å². The van der Waals surface area contributed by atoms with Crippen LogP contribution in [0.15, 0.2) is 0 Å². The lowest BCUT2D eigenvalue weighted by Gasteiger charge is -2.33. The lowest BCUT2D eigenvalue weighted by atomic mass is 9.89. The maximum absolute atomic E-state index is 10.3. The third-order valence-electron chi connectivity index (χ3n) is 3.90. The van der Waals surface area contributed by atoms with Gasteiger partial charge in [0.15, 0.2) is 0 Å². The number of nitrogens with one attached hydrogen (secondary N) is 1. The zero-order valence-corrected chi connectivity index (χ0v) is 12.7. The summed E-state index contributed by atoms with van der Waals surface area (Å²) in [5, 5.41) is 13.8. The molecule has 0 aliphatic carbocycles. The first-order valence-electron chi connectivity index (χ1n) is 7.57. The van der Waals surface area contributed by atoms with Gasteiger partial charge in [0.25, 0.3) is 0 Å². The van der Waals surface area contributed by atoms with Crippen molar-refractivity contribution in [3.05, 3.63) is 0 Å². The number of hydrogen-bond acceptors (Lipinski definition) is 3. The molecule has 2 atom stereocenters. The summed E-state index contributed by atoms with van der Waals surface area (Å²) in [4.78, 5) is 2.45. The number of hydrogen-bond donors (Lipinski definition) is 2. The van der Waals surface area contributed by atoms with Crippen molar-refractivity contribution >= 4 is 0 Å². The minimum atomic E-state index is -0.240. The van der Waals surface area contributed by atoms with Gasteiger partial charge in [-0.1, -0.05) is 34.1 Å². The summed E-state index contributed by atoms with van der Waals surface area (Å²) in [5.41, 5.74) is -0.0203. The molecule has 2 unspecified atom stereocenters. The molecule has 1 saturated heterocycles. The lowest BCUT2D eigenvalue weighted by Crippen LogP contribution is -2.44. The first-order valence-corrected chi connectivity index (χ1v) is 7.57. The molecule has 0 aromatic carbocycles. The van der Waals surface area contributed by atoms with Crippen molar-refractivity contribution < 1.29 is 5.11 Å². The van der Waals surface area contributed by atoms with E-state index in [9.17, 15) is 5.11 Å². The van der Waals surface area contributed by atoms with E-state index in [2.05, 4.69) is 37.9 Å². The Bertz CT molecular complexity index is 219.